The molecule has 0 bridgehead atoms. The van der Waals surface area contributed by atoms with Crippen molar-refractivity contribution in [2.24, 2.45) is 0 Å². The second-order valence-electron chi connectivity index (χ2n) is 3.54. The lowest BCUT2D eigenvalue weighted by Gasteiger charge is -2.31. The van der Waals surface area contributed by atoms with Crippen molar-refractivity contribution in [1.29, 1.82) is 0 Å². The van der Waals surface area contributed by atoms with Crippen molar-refractivity contribution in [3.05, 3.63) is 23.2 Å². The maximum absolute atomic E-state index is 11.6. The SMILES string of the molecule is CC1(C(=O)O)Oc2ccc(Cl)cc2NC1=O. The van der Waals surface area contributed by atoms with Crippen molar-refractivity contribution in [2.45, 2.75) is 12.5 Å². The molecule has 1 amide bonds. The van der Waals surface area contributed by atoms with Crippen LogP contribution in [0.2, 0.25) is 5.02 Å². The summed E-state index contributed by atoms with van der Waals surface area (Å²) in [5.74, 6) is -1.78. The maximum Gasteiger partial charge on any atom is 0.357 e. The fraction of sp³-hybridized carbons (Fsp3) is 0.200. The molecule has 16 heavy (non-hydrogen) atoms. The highest BCUT2D eigenvalue weighted by Gasteiger charge is 2.47. The number of carbonyl (C=O) groups excluding carboxylic acids is 1. The lowest BCUT2D eigenvalue weighted by atomic mass is 10.0. The Balaban J connectivity index is 2.47. The van der Waals surface area contributed by atoms with E-state index in [1.165, 1.54) is 19.1 Å². The van der Waals surface area contributed by atoms with Gasteiger partial charge in [-0.15, -0.1) is 0 Å². The molecule has 1 unspecified atom stereocenters. The minimum absolute atomic E-state index is 0.286. The Hall–Kier alpha value is -1.75. The molecule has 5 nitrogen and oxygen atoms in total. The van der Waals surface area contributed by atoms with Gasteiger partial charge in [0.15, 0.2) is 0 Å². The van der Waals surface area contributed by atoms with Crippen LogP contribution in [0.25, 0.3) is 0 Å². The first kappa shape index (κ1) is 10.8. The smallest absolute Gasteiger partial charge is 0.357 e. The average Bonchev–Trinajstić information content (AvgIpc) is 2.20. The molecule has 2 rings (SSSR count). The molecule has 1 atom stereocenters. The van der Waals surface area contributed by atoms with Crippen molar-refractivity contribution in [2.75, 3.05) is 5.32 Å². The number of halogens is 1. The van der Waals surface area contributed by atoms with Crippen molar-refractivity contribution in [3.8, 4) is 5.75 Å². The standard InChI is InChI=1S/C10H8ClNO4/c1-10(9(14)15)8(13)12-6-4-5(11)2-3-7(6)16-10/h2-4H,1H3,(H,12,13)(H,14,15). The number of rotatable bonds is 1. The van der Waals surface area contributed by atoms with E-state index >= 15 is 0 Å². The molecule has 0 spiro atoms. The Bertz CT molecular complexity index is 488. The molecule has 1 heterocycles. The summed E-state index contributed by atoms with van der Waals surface area (Å²) in [5, 5.41) is 11.8. The van der Waals surface area contributed by atoms with E-state index < -0.39 is 17.5 Å². The van der Waals surface area contributed by atoms with E-state index in [0.29, 0.717) is 10.7 Å². The number of anilines is 1. The van der Waals surface area contributed by atoms with Crippen LogP contribution in [-0.4, -0.2) is 22.6 Å². The highest BCUT2D eigenvalue weighted by molar-refractivity contribution is 6.31. The summed E-state index contributed by atoms with van der Waals surface area (Å²) < 4.78 is 5.18. The van der Waals surface area contributed by atoms with Gasteiger partial charge in [-0.3, -0.25) is 4.79 Å². The van der Waals surface area contributed by atoms with Gasteiger partial charge in [-0.2, -0.15) is 0 Å². The van der Waals surface area contributed by atoms with Crippen LogP contribution in [0.4, 0.5) is 5.69 Å². The van der Waals surface area contributed by atoms with Crippen molar-refractivity contribution < 1.29 is 19.4 Å². The topological polar surface area (TPSA) is 75.6 Å². The number of aliphatic carboxylic acids is 1. The molecule has 1 aromatic rings. The maximum atomic E-state index is 11.6. The van der Waals surface area contributed by atoms with Crippen LogP contribution in [0.5, 0.6) is 5.75 Å². The molecule has 1 aliphatic rings. The van der Waals surface area contributed by atoms with Crippen LogP contribution in [0, 0.1) is 0 Å². The molecule has 0 radical (unpaired) electrons. The van der Waals surface area contributed by atoms with Gasteiger partial charge >= 0.3 is 5.97 Å². The van der Waals surface area contributed by atoms with Gasteiger partial charge in [0.1, 0.15) is 5.75 Å². The summed E-state index contributed by atoms with van der Waals surface area (Å²) in [6.07, 6.45) is 0. The number of hydrogen-bond donors (Lipinski definition) is 2. The van der Waals surface area contributed by atoms with Crippen LogP contribution >= 0.6 is 11.6 Å². The van der Waals surface area contributed by atoms with Gasteiger partial charge in [-0.25, -0.2) is 4.79 Å². The van der Waals surface area contributed by atoms with E-state index in [2.05, 4.69) is 5.32 Å². The van der Waals surface area contributed by atoms with E-state index in [1.807, 2.05) is 0 Å². The largest absolute Gasteiger partial charge is 0.478 e. The van der Waals surface area contributed by atoms with Crippen LogP contribution < -0.4 is 10.1 Å². The van der Waals surface area contributed by atoms with Gasteiger partial charge in [0.2, 0.25) is 0 Å². The van der Waals surface area contributed by atoms with Gasteiger partial charge in [-0.1, -0.05) is 11.6 Å². The van der Waals surface area contributed by atoms with Crippen LogP contribution in [0.1, 0.15) is 6.92 Å². The fourth-order valence-electron chi connectivity index (χ4n) is 1.34. The number of ether oxygens (including phenoxy) is 1. The number of amides is 1. The fourth-order valence-corrected chi connectivity index (χ4v) is 1.51. The molecule has 1 aromatic carbocycles. The molecule has 84 valence electrons. The Kier molecular flexibility index (Phi) is 2.27. The monoisotopic (exact) mass is 241 g/mol. The molecule has 0 aromatic heterocycles. The molecular weight excluding hydrogens is 234 g/mol. The van der Waals surface area contributed by atoms with E-state index in [4.69, 9.17) is 21.4 Å². The third-order valence-electron chi connectivity index (χ3n) is 2.35. The lowest BCUT2D eigenvalue weighted by molar-refractivity contribution is -0.159. The summed E-state index contributed by atoms with van der Waals surface area (Å²) >= 11 is 5.73. The van der Waals surface area contributed by atoms with Gasteiger partial charge < -0.3 is 15.2 Å². The second-order valence-corrected chi connectivity index (χ2v) is 3.97. The number of fused-ring (bicyclic) bond motifs is 1. The number of benzene rings is 1. The van der Waals surface area contributed by atoms with Crippen LogP contribution in [0.15, 0.2) is 18.2 Å². The average molecular weight is 242 g/mol. The van der Waals surface area contributed by atoms with Gasteiger partial charge in [0.25, 0.3) is 11.5 Å². The molecular formula is C10H8ClNO4. The number of carboxylic acids is 1. The zero-order valence-electron chi connectivity index (χ0n) is 8.28. The molecule has 2 N–H and O–H groups in total. The van der Waals surface area contributed by atoms with Crippen molar-refractivity contribution in [1.82, 2.24) is 0 Å². The van der Waals surface area contributed by atoms with E-state index in [-0.39, 0.29) is 5.75 Å². The van der Waals surface area contributed by atoms with Gasteiger partial charge in [0, 0.05) is 5.02 Å². The molecule has 0 aliphatic carbocycles. The first-order valence-corrected chi connectivity index (χ1v) is 4.85. The van der Waals surface area contributed by atoms with E-state index in [9.17, 15) is 9.59 Å². The zero-order chi connectivity index (χ0) is 11.9. The molecule has 0 saturated carbocycles. The summed E-state index contributed by atoms with van der Waals surface area (Å²) in [6.45, 7) is 1.20. The summed E-state index contributed by atoms with van der Waals surface area (Å²) in [5.41, 5.74) is -1.53. The predicted molar refractivity (Wildman–Crippen MR) is 56.8 cm³/mol. The Morgan fingerprint density at radius 1 is 1.56 bits per heavy atom. The minimum atomic E-state index is -1.90. The van der Waals surface area contributed by atoms with Crippen molar-refractivity contribution >= 4 is 29.2 Å². The Morgan fingerprint density at radius 3 is 2.88 bits per heavy atom. The number of hydrogen-bond acceptors (Lipinski definition) is 3. The quantitative estimate of drug-likeness (QED) is 0.731. The summed E-state index contributed by atoms with van der Waals surface area (Å²) in [7, 11) is 0. The summed E-state index contributed by atoms with van der Waals surface area (Å²) in [4.78, 5) is 22.5. The van der Waals surface area contributed by atoms with Crippen LogP contribution in [0.3, 0.4) is 0 Å². The van der Waals surface area contributed by atoms with Gasteiger partial charge in [-0.05, 0) is 25.1 Å². The highest BCUT2D eigenvalue weighted by atomic mass is 35.5. The molecule has 1 aliphatic heterocycles. The Labute approximate surface area is 96.0 Å². The molecule has 0 saturated heterocycles. The van der Waals surface area contributed by atoms with Gasteiger partial charge in [0.05, 0.1) is 5.69 Å². The predicted octanol–water partition coefficient (Wildman–Crippen LogP) is 1.51. The number of carbonyl (C=O) groups is 2. The number of carboxylic acid groups (broad SMARTS) is 1. The summed E-state index contributed by atoms with van der Waals surface area (Å²) in [6, 6.07) is 4.56. The van der Waals surface area contributed by atoms with E-state index in [0.717, 1.165) is 0 Å². The van der Waals surface area contributed by atoms with E-state index in [1.54, 1.807) is 6.07 Å². The molecule has 6 heteroatoms. The van der Waals surface area contributed by atoms with Crippen LogP contribution in [-0.2, 0) is 9.59 Å². The third-order valence-corrected chi connectivity index (χ3v) is 2.58. The van der Waals surface area contributed by atoms with Crippen molar-refractivity contribution in [3.63, 3.8) is 0 Å². The Morgan fingerprint density at radius 2 is 2.25 bits per heavy atom. The zero-order valence-corrected chi connectivity index (χ0v) is 9.04. The first-order chi connectivity index (χ1) is 7.43. The first-order valence-electron chi connectivity index (χ1n) is 4.47. The second kappa shape index (κ2) is 3.38. The number of nitrogens with one attached hydrogen (secondary N) is 1. The minimum Gasteiger partial charge on any atom is -0.478 e. The lowest BCUT2D eigenvalue weighted by Crippen LogP contribution is -2.54. The third kappa shape index (κ3) is 1.49. The molecule has 0 fully saturated rings. The normalized spacial score (nSPS) is 23.0. The highest BCUT2D eigenvalue weighted by Crippen LogP contribution is 2.35.